The first-order valence-electron chi connectivity index (χ1n) is 5.72. The van der Waals surface area contributed by atoms with Gasteiger partial charge in [-0.3, -0.25) is 0 Å². The lowest BCUT2D eigenvalue weighted by Crippen LogP contribution is -2.40. The molecule has 1 aromatic heterocycles. The van der Waals surface area contributed by atoms with Crippen molar-refractivity contribution in [3.63, 3.8) is 0 Å². The molecule has 2 nitrogen and oxygen atoms in total. The fourth-order valence-electron chi connectivity index (χ4n) is 1.69. The number of likely N-dealkylation sites (N-methyl/N-ethyl adjacent to an activating group) is 1. The van der Waals surface area contributed by atoms with Gasteiger partial charge in [0.25, 0.3) is 0 Å². The van der Waals surface area contributed by atoms with E-state index in [-0.39, 0.29) is 0 Å². The Bertz CT molecular complexity index is 299. The molecule has 0 fully saturated rings. The standard InChI is InChI=1S/C12H21BrN2S/c1-4-5-14-11(8-15(2)3)7-12-6-10(13)9-16-12/h6,9,11,14H,4-5,7-8H2,1-3H3. The average molecular weight is 305 g/mol. The molecular formula is C12H21BrN2S. The first-order chi connectivity index (χ1) is 7.61. The van der Waals surface area contributed by atoms with E-state index in [0.717, 1.165) is 19.5 Å². The molecule has 1 rings (SSSR count). The molecule has 0 aromatic carbocycles. The Labute approximate surface area is 111 Å². The van der Waals surface area contributed by atoms with Gasteiger partial charge in [0.15, 0.2) is 0 Å². The maximum atomic E-state index is 3.61. The lowest BCUT2D eigenvalue weighted by molar-refractivity contribution is 0.337. The molecule has 1 N–H and O–H groups in total. The third kappa shape index (κ3) is 5.43. The Morgan fingerprint density at radius 1 is 1.50 bits per heavy atom. The van der Waals surface area contributed by atoms with Gasteiger partial charge in [0.2, 0.25) is 0 Å². The molecular weight excluding hydrogens is 284 g/mol. The zero-order valence-corrected chi connectivity index (χ0v) is 12.7. The highest BCUT2D eigenvalue weighted by atomic mass is 79.9. The highest BCUT2D eigenvalue weighted by Gasteiger charge is 2.11. The van der Waals surface area contributed by atoms with Crippen molar-refractivity contribution in [3.05, 3.63) is 20.8 Å². The smallest absolute Gasteiger partial charge is 0.0285 e. The van der Waals surface area contributed by atoms with Crippen LogP contribution in [0.15, 0.2) is 15.9 Å². The second-order valence-corrected chi connectivity index (χ2v) is 6.26. The lowest BCUT2D eigenvalue weighted by atomic mass is 10.1. The Balaban J connectivity index is 2.48. The van der Waals surface area contributed by atoms with Crippen molar-refractivity contribution in [3.8, 4) is 0 Å². The summed E-state index contributed by atoms with van der Waals surface area (Å²) in [6, 6.07) is 2.78. The fraction of sp³-hybridized carbons (Fsp3) is 0.667. The van der Waals surface area contributed by atoms with E-state index in [1.54, 1.807) is 0 Å². The summed E-state index contributed by atoms with van der Waals surface area (Å²) in [6.07, 6.45) is 2.31. The van der Waals surface area contributed by atoms with Crippen LogP contribution in [0.25, 0.3) is 0 Å². The van der Waals surface area contributed by atoms with Crippen LogP contribution in [0, 0.1) is 0 Å². The van der Waals surface area contributed by atoms with Gasteiger partial charge in [0.05, 0.1) is 0 Å². The Hall–Kier alpha value is 0.1000. The molecule has 0 amide bonds. The van der Waals surface area contributed by atoms with Crippen molar-refractivity contribution in [2.24, 2.45) is 0 Å². The van der Waals surface area contributed by atoms with E-state index >= 15 is 0 Å². The summed E-state index contributed by atoms with van der Waals surface area (Å²) in [5.74, 6) is 0. The maximum Gasteiger partial charge on any atom is 0.0285 e. The maximum absolute atomic E-state index is 3.61. The molecule has 0 aliphatic rings. The van der Waals surface area contributed by atoms with Gasteiger partial charge in [0, 0.05) is 27.3 Å². The number of thiophene rings is 1. The predicted octanol–water partition coefficient (Wildman–Crippen LogP) is 2.98. The molecule has 1 atom stereocenters. The lowest BCUT2D eigenvalue weighted by Gasteiger charge is -2.21. The number of nitrogens with one attached hydrogen (secondary N) is 1. The monoisotopic (exact) mass is 304 g/mol. The van der Waals surface area contributed by atoms with Gasteiger partial charge in [-0.05, 0) is 55.5 Å². The van der Waals surface area contributed by atoms with Gasteiger partial charge in [-0.2, -0.15) is 0 Å². The molecule has 92 valence electrons. The summed E-state index contributed by atoms with van der Waals surface area (Å²) >= 11 is 5.34. The average Bonchev–Trinajstić information content (AvgIpc) is 2.59. The van der Waals surface area contributed by atoms with E-state index in [2.05, 4.69) is 58.6 Å². The largest absolute Gasteiger partial charge is 0.312 e. The molecule has 4 heteroatoms. The number of hydrogen-bond donors (Lipinski definition) is 1. The molecule has 0 radical (unpaired) electrons. The zero-order valence-electron chi connectivity index (χ0n) is 10.3. The summed E-state index contributed by atoms with van der Waals surface area (Å²) in [5.41, 5.74) is 0. The summed E-state index contributed by atoms with van der Waals surface area (Å²) in [7, 11) is 4.26. The van der Waals surface area contributed by atoms with E-state index in [1.807, 2.05) is 11.3 Å². The van der Waals surface area contributed by atoms with Crippen LogP contribution in [0.1, 0.15) is 18.2 Å². The van der Waals surface area contributed by atoms with Crippen LogP contribution in [-0.2, 0) is 6.42 Å². The van der Waals surface area contributed by atoms with Crippen molar-refractivity contribution in [2.75, 3.05) is 27.2 Å². The first-order valence-corrected chi connectivity index (χ1v) is 7.40. The van der Waals surface area contributed by atoms with E-state index in [1.165, 1.54) is 15.8 Å². The minimum atomic E-state index is 0.556. The SMILES string of the molecule is CCCNC(Cc1cc(Br)cs1)CN(C)C. The van der Waals surface area contributed by atoms with Crippen LogP contribution in [0.3, 0.4) is 0 Å². The highest BCUT2D eigenvalue weighted by molar-refractivity contribution is 9.10. The van der Waals surface area contributed by atoms with Gasteiger partial charge >= 0.3 is 0 Å². The summed E-state index contributed by atoms with van der Waals surface area (Å²) in [4.78, 5) is 3.69. The van der Waals surface area contributed by atoms with Crippen LogP contribution in [0.4, 0.5) is 0 Å². The van der Waals surface area contributed by atoms with Crippen LogP contribution in [0.5, 0.6) is 0 Å². The molecule has 0 spiro atoms. The van der Waals surface area contributed by atoms with Gasteiger partial charge in [-0.1, -0.05) is 6.92 Å². The Kier molecular flexibility index (Phi) is 6.58. The normalized spacial score (nSPS) is 13.3. The molecule has 1 unspecified atom stereocenters. The van der Waals surface area contributed by atoms with Gasteiger partial charge in [-0.25, -0.2) is 0 Å². The van der Waals surface area contributed by atoms with Crippen molar-refractivity contribution in [2.45, 2.75) is 25.8 Å². The van der Waals surface area contributed by atoms with E-state index in [4.69, 9.17) is 0 Å². The summed E-state index contributed by atoms with van der Waals surface area (Å²) in [5, 5.41) is 5.76. The van der Waals surface area contributed by atoms with Gasteiger partial charge in [-0.15, -0.1) is 11.3 Å². The van der Waals surface area contributed by atoms with Crippen LogP contribution in [-0.4, -0.2) is 38.1 Å². The summed E-state index contributed by atoms with van der Waals surface area (Å²) < 4.78 is 1.20. The Morgan fingerprint density at radius 3 is 2.75 bits per heavy atom. The number of nitrogens with zero attached hydrogens (tertiary/aromatic N) is 1. The van der Waals surface area contributed by atoms with Crippen molar-refractivity contribution >= 4 is 27.3 Å². The van der Waals surface area contributed by atoms with Gasteiger partial charge < -0.3 is 10.2 Å². The number of hydrogen-bond acceptors (Lipinski definition) is 3. The van der Waals surface area contributed by atoms with Crippen molar-refractivity contribution in [1.82, 2.24) is 10.2 Å². The number of rotatable bonds is 7. The first kappa shape index (κ1) is 14.2. The predicted molar refractivity (Wildman–Crippen MR) is 76.4 cm³/mol. The van der Waals surface area contributed by atoms with E-state index in [0.29, 0.717) is 6.04 Å². The fourth-order valence-corrected chi connectivity index (χ4v) is 3.23. The number of halogens is 1. The molecule has 1 aromatic rings. The van der Waals surface area contributed by atoms with Crippen molar-refractivity contribution < 1.29 is 0 Å². The summed E-state index contributed by atoms with van der Waals surface area (Å²) in [6.45, 7) is 4.40. The minimum absolute atomic E-state index is 0.556. The topological polar surface area (TPSA) is 15.3 Å². The molecule has 1 heterocycles. The van der Waals surface area contributed by atoms with Crippen molar-refractivity contribution in [1.29, 1.82) is 0 Å². The molecule has 0 bridgehead atoms. The highest BCUT2D eigenvalue weighted by Crippen LogP contribution is 2.21. The molecule has 16 heavy (non-hydrogen) atoms. The Morgan fingerprint density at radius 2 is 2.25 bits per heavy atom. The zero-order chi connectivity index (χ0) is 12.0. The second-order valence-electron chi connectivity index (χ2n) is 4.35. The van der Waals surface area contributed by atoms with Crippen LogP contribution in [0.2, 0.25) is 0 Å². The molecule has 0 saturated heterocycles. The van der Waals surface area contributed by atoms with Crippen LogP contribution >= 0.6 is 27.3 Å². The third-order valence-electron chi connectivity index (χ3n) is 2.34. The van der Waals surface area contributed by atoms with E-state index in [9.17, 15) is 0 Å². The molecule has 0 aliphatic carbocycles. The quantitative estimate of drug-likeness (QED) is 0.833. The van der Waals surface area contributed by atoms with Gasteiger partial charge in [0.1, 0.15) is 0 Å². The van der Waals surface area contributed by atoms with E-state index < -0.39 is 0 Å². The third-order valence-corrected chi connectivity index (χ3v) is 4.06. The molecule has 0 saturated carbocycles. The minimum Gasteiger partial charge on any atom is -0.312 e. The molecule has 0 aliphatic heterocycles. The second kappa shape index (κ2) is 7.43. The van der Waals surface area contributed by atoms with Crippen LogP contribution < -0.4 is 5.32 Å².